The molecular weight excluding hydrogens is 264 g/mol. The van der Waals surface area contributed by atoms with E-state index < -0.39 is 18.0 Å². The quantitative estimate of drug-likeness (QED) is 0.778. The van der Waals surface area contributed by atoms with Crippen LogP contribution in [-0.4, -0.2) is 36.4 Å². The number of carbonyl (C=O) groups is 2. The van der Waals surface area contributed by atoms with Crippen molar-refractivity contribution < 1.29 is 24.2 Å². The van der Waals surface area contributed by atoms with Gasteiger partial charge >= 0.3 is 12.0 Å². The standard InChI is InChI=1S/C13H16N2O5/c1-8(12(16)17)14-13(18)15-9-3-4-10-11(7-9)20-6-2-5-19-10/h3-4,7-8H,2,5-6H2,1H3,(H,16,17)(H2,14,15,18). The van der Waals surface area contributed by atoms with Gasteiger partial charge in [0.05, 0.1) is 13.2 Å². The molecule has 0 spiro atoms. The van der Waals surface area contributed by atoms with Crippen LogP contribution in [0.15, 0.2) is 18.2 Å². The molecule has 1 heterocycles. The highest BCUT2D eigenvalue weighted by atomic mass is 16.5. The second-order valence-electron chi connectivity index (χ2n) is 4.37. The third kappa shape index (κ3) is 3.53. The minimum absolute atomic E-state index is 0.504. The Balaban J connectivity index is 2.01. The monoisotopic (exact) mass is 280 g/mol. The van der Waals surface area contributed by atoms with Gasteiger partial charge in [-0.2, -0.15) is 0 Å². The summed E-state index contributed by atoms with van der Waals surface area (Å²) in [6.07, 6.45) is 0.800. The van der Waals surface area contributed by atoms with Crippen LogP contribution < -0.4 is 20.1 Å². The number of rotatable bonds is 3. The van der Waals surface area contributed by atoms with E-state index in [1.165, 1.54) is 6.92 Å². The number of ether oxygens (including phenoxy) is 2. The van der Waals surface area contributed by atoms with Crippen molar-refractivity contribution >= 4 is 17.7 Å². The van der Waals surface area contributed by atoms with Gasteiger partial charge in [0.25, 0.3) is 0 Å². The fraction of sp³-hybridized carbons (Fsp3) is 0.385. The Bertz CT molecular complexity index is 517. The van der Waals surface area contributed by atoms with Crippen LogP contribution in [0, 0.1) is 0 Å². The number of amides is 2. The molecule has 0 saturated heterocycles. The summed E-state index contributed by atoms with van der Waals surface area (Å²) < 4.78 is 11.0. The molecule has 1 unspecified atom stereocenters. The molecular formula is C13H16N2O5. The second-order valence-corrected chi connectivity index (χ2v) is 4.37. The third-order valence-corrected chi connectivity index (χ3v) is 2.72. The molecule has 108 valence electrons. The van der Waals surface area contributed by atoms with Crippen LogP contribution in [0.1, 0.15) is 13.3 Å². The maximum Gasteiger partial charge on any atom is 0.325 e. The number of urea groups is 1. The van der Waals surface area contributed by atoms with Crippen molar-refractivity contribution in [1.82, 2.24) is 5.32 Å². The summed E-state index contributed by atoms with van der Waals surface area (Å²) in [5, 5.41) is 13.6. The number of fused-ring (bicyclic) bond motifs is 1. The fourth-order valence-electron chi connectivity index (χ4n) is 1.67. The topological polar surface area (TPSA) is 96.9 Å². The van der Waals surface area contributed by atoms with Crippen molar-refractivity contribution in [2.45, 2.75) is 19.4 Å². The first kappa shape index (κ1) is 14.0. The highest BCUT2D eigenvalue weighted by Gasteiger charge is 2.15. The first-order chi connectivity index (χ1) is 9.56. The Hall–Kier alpha value is -2.44. The Kier molecular flexibility index (Phi) is 4.29. The molecule has 2 rings (SSSR count). The van der Waals surface area contributed by atoms with Gasteiger partial charge in [0, 0.05) is 18.2 Å². The lowest BCUT2D eigenvalue weighted by molar-refractivity contribution is -0.138. The molecule has 2 amide bonds. The van der Waals surface area contributed by atoms with Crippen molar-refractivity contribution in [3.63, 3.8) is 0 Å². The van der Waals surface area contributed by atoms with Crippen LogP contribution in [0.2, 0.25) is 0 Å². The highest BCUT2D eigenvalue weighted by molar-refractivity contribution is 5.92. The van der Waals surface area contributed by atoms with Crippen LogP contribution in [-0.2, 0) is 4.79 Å². The van der Waals surface area contributed by atoms with Crippen molar-refractivity contribution in [3.05, 3.63) is 18.2 Å². The van der Waals surface area contributed by atoms with E-state index in [-0.39, 0.29) is 0 Å². The van der Waals surface area contributed by atoms with E-state index in [1.807, 2.05) is 0 Å². The van der Waals surface area contributed by atoms with Crippen molar-refractivity contribution in [2.75, 3.05) is 18.5 Å². The number of nitrogens with one attached hydrogen (secondary N) is 2. The number of anilines is 1. The summed E-state index contributed by atoms with van der Waals surface area (Å²) in [4.78, 5) is 22.2. The predicted octanol–water partition coefficient (Wildman–Crippen LogP) is 1.44. The van der Waals surface area contributed by atoms with E-state index in [4.69, 9.17) is 14.6 Å². The molecule has 0 saturated carbocycles. The van der Waals surface area contributed by atoms with Crippen molar-refractivity contribution in [1.29, 1.82) is 0 Å². The second kappa shape index (κ2) is 6.14. The molecule has 0 fully saturated rings. The van der Waals surface area contributed by atoms with Crippen molar-refractivity contribution in [2.24, 2.45) is 0 Å². The van der Waals surface area contributed by atoms with Gasteiger partial charge in [0.15, 0.2) is 11.5 Å². The third-order valence-electron chi connectivity index (χ3n) is 2.72. The normalized spacial score (nSPS) is 14.8. The van der Waals surface area contributed by atoms with Crippen LogP contribution in [0.5, 0.6) is 11.5 Å². The highest BCUT2D eigenvalue weighted by Crippen LogP contribution is 2.32. The molecule has 1 atom stereocenters. The predicted molar refractivity (Wildman–Crippen MR) is 71.3 cm³/mol. The van der Waals surface area contributed by atoms with Crippen molar-refractivity contribution in [3.8, 4) is 11.5 Å². The van der Waals surface area contributed by atoms with Gasteiger partial charge in [-0.25, -0.2) is 4.79 Å². The van der Waals surface area contributed by atoms with Gasteiger partial charge in [-0.15, -0.1) is 0 Å². The summed E-state index contributed by atoms with van der Waals surface area (Å²) in [7, 11) is 0. The average Bonchev–Trinajstić information content (AvgIpc) is 2.63. The van der Waals surface area contributed by atoms with Gasteiger partial charge < -0.3 is 25.2 Å². The maximum absolute atomic E-state index is 11.6. The van der Waals surface area contributed by atoms with Gasteiger partial charge in [0.1, 0.15) is 6.04 Å². The lowest BCUT2D eigenvalue weighted by Crippen LogP contribution is -2.40. The number of carboxylic acid groups (broad SMARTS) is 1. The summed E-state index contributed by atoms with van der Waals surface area (Å²) >= 11 is 0. The SMILES string of the molecule is CC(NC(=O)Nc1ccc2c(c1)OCCCO2)C(=O)O. The number of aliphatic carboxylic acids is 1. The fourth-order valence-corrected chi connectivity index (χ4v) is 1.67. The molecule has 3 N–H and O–H groups in total. The molecule has 1 aliphatic rings. The van der Waals surface area contributed by atoms with E-state index in [0.717, 1.165) is 6.42 Å². The van der Waals surface area contributed by atoms with E-state index in [2.05, 4.69) is 10.6 Å². The molecule has 1 aromatic carbocycles. The smallest absolute Gasteiger partial charge is 0.325 e. The van der Waals surface area contributed by atoms with E-state index in [9.17, 15) is 9.59 Å². The van der Waals surface area contributed by atoms with Crippen LogP contribution in [0.3, 0.4) is 0 Å². The summed E-state index contributed by atoms with van der Waals surface area (Å²) in [5.74, 6) is 0.0951. The molecule has 1 aliphatic heterocycles. The van der Waals surface area contributed by atoms with Crippen LogP contribution in [0.4, 0.5) is 10.5 Å². The summed E-state index contributed by atoms with van der Waals surface area (Å²) in [6.45, 7) is 2.53. The van der Waals surface area contributed by atoms with Gasteiger partial charge in [-0.1, -0.05) is 0 Å². The van der Waals surface area contributed by atoms with Gasteiger partial charge in [-0.05, 0) is 19.1 Å². The Morgan fingerprint density at radius 3 is 2.65 bits per heavy atom. The molecule has 0 radical (unpaired) electrons. The first-order valence-corrected chi connectivity index (χ1v) is 6.26. The van der Waals surface area contributed by atoms with Crippen LogP contribution in [0.25, 0.3) is 0 Å². The molecule has 1 aromatic rings. The maximum atomic E-state index is 11.6. The number of benzene rings is 1. The van der Waals surface area contributed by atoms with Gasteiger partial charge in [-0.3, -0.25) is 4.79 Å². The molecule has 0 aromatic heterocycles. The largest absolute Gasteiger partial charge is 0.490 e. The molecule has 0 bridgehead atoms. The Morgan fingerprint density at radius 2 is 1.95 bits per heavy atom. The van der Waals surface area contributed by atoms with Crippen LogP contribution >= 0.6 is 0 Å². The zero-order valence-electron chi connectivity index (χ0n) is 11.0. The van der Waals surface area contributed by atoms with E-state index in [0.29, 0.717) is 30.4 Å². The molecule has 7 nitrogen and oxygen atoms in total. The number of carboxylic acids is 1. The Labute approximate surface area is 115 Å². The molecule has 0 aliphatic carbocycles. The number of carbonyl (C=O) groups excluding carboxylic acids is 1. The number of hydrogen-bond acceptors (Lipinski definition) is 4. The minimum atomic E-state index is -1.10. The molecule has 7 heteroatoms. The number of hydrogen-bond donors (Lipinski definition) is 3. The summed E-state index contributed by atoms with van der Waals surface area (Å²) in [5.41, 5.74) is 0.504. The summed E-state index contributed by atoms with van der Waals surface area (Å²) in [6, 6.07) is 3.46. The zero-order chi connectivity index (χ0) is 14.5. The lowest BCUT2D eigenvalue weighted by Gasteiger charge is -2.12. The zero-order valence-corrected chi connectivity index (χ0v) is 11.0. The minimum Gasteiger partial charge on any atom is -0.490 e. The average molecular weight is 280 g/mol. The molecule has 20 heavy (non-hydrogen) atoms. The lowest BCUT2D eigenvalue weighted by atomic mass is 10.2. The van der Waals surface area contributed by atoms with E-state index >= 15 is 0 Å². The van der Waals surface area contributed by atoms with E-state index in [1.54, 1.807) is 18.2 Å². The van der Waals surface area contributed by atoms with Gasteiger partial charge in [0.2, 0.25) is 0 Å². The Morgan fingerprint density at radius 1 is 1.25 bits per heavy atom. The first-order valence-electron chi connectivity index (χ1n) is 6.26.